The second kappa shape index (κ2) is 3.57. The van der Waals surface area contributed by atoms with Gasteiger partial charge in [-0.2, -0.15) is 5.10 Å². The Morgan fingerprint density at radius 2 is 2.00 bits per heavy atom. The third kappa shape index (κ3) is 1.42. The first-order chi connectivity index (χ1) is 5.38. The van der Waals surface area contributed by atoms with Gasteiger partial charge >= 0.3 is 18.9 Å². The van der Waals surface area contributed by atoms with Crippen LogP contribution in [0.5, 0.6) is 0 Å². The van der Waals surface area contributed by atoms with Crippen molar-refractivity contribution in [3.8, 4) is 0 Å². The molecule has 1 aromatic heterocycles. The van der Waals surface area contributed by atoms with Crippen molar-refractivity contribution in [1.82, 2.24) is 10.2 Å². The summed E-state index contributed by atoms with van der Waals surface area (Å²) in [5.74, 6) is 0. The van der Waals surface area contributed by atoms with Crippen molar-refractivity contribution in [2.24, 2.45) is 0 Å². The van der Waals surface area contributed by atoms with E-state index in [0.29, 0.717) is 5.39 Å². The molecule has 3 nitrogen and oxygen atoms in total. The summed E-state index contributed by atoms with van der Waals surface area (Å²) in [4.78, 5) is 11.1. The van der Waals surface area contributed by atoms with Gasteiger partial charge in [-0.3, -0.25) is 4.79 Å². The van der Waals surface area contributed by atoms with Gasteiger partial charge < -0.3 is 0 Å². The van der Waals surface area contributed by atoms with E-state index in [1.165, 1.54) is 0 Å². The molecule has 56 valence electrons. The fraction of sp³-hybridized carbons (Fsp3) is 0. The Labute approximate surface area is 81.0 Å². The Kier molecular flexibility index (Phi) is 2.69. The van der Waals surface area contributed by atoms with Crippen molar-refractivity contribution in [1.29, 1.82) is 0 Å². The molecule has 4 heteroatoms. The second-order valence-corrected chi connectivity index (χ2v) is 2.29. The number of fused-ring (bicyclic) bond motifs is 1. The standard InChI is InChI=1S/C8H6N2O.Li.H/c11-8-7-4-2-1-3-6(7)5-9-10-8;;/h1-5H,(H,10,11);;. The number of H-pyrrole nitrogens is 1. The molecule has 0 unspecified atom stereocenters. The zero-order chi connectivity index (χ0) is 7.68. The molecule has 1 N–H and O–H groups in total. The second-order valence-electron chi connectivity index (χ2n) is 2.29. The molecule has 0 spiro atoms. The molecule has 0 saturated carbocycles. The van der Waals surface area contributed by atoms with E-state index in [1.54, 1.807) is 12.3 Å². The quantitative estimate of drug-likeness (QED) is 0.554. The van der Waals surface area contributed by atoms with E-state index in [0.717, 1.165) is 5.39 Å². The van der Waals surface area contributed by atoms with Gasteiger partial charge in [-0.25, -0.2) is 5.10 Å². The molecular formula is C8H7LiN2O. The first-order valence-electron chi connectivity index (χ1n) is 3.30. The summed E-state index contributed by atoms with van der Waals surface area (Å²) < 4.78 is 0. The monoisotopic (exact) mass is 154 g/mol. The Morgan fingerprint density at radius 3 is 2.75 bits per heavy atom. The van der Waals surface area contributed by atoms with Crippen LogP contribution in [0.15, 0.2) is 35.3 Å². The van der Waals surface area contributed by atoms with E-state index in [9.17, 15) is 4.79 Å². The van der Waals surface area contributed by atoms with Crippen molar-refractivity contribution in [2.45, 2.75) is 0 Å². The number of nitrogens with one attached hydrogen (secondary N) is 1. The average Bonchev–Trinajstić information content (AvgIpc) is 2.06. The van der Waals surface area contributed by atoms with Gasteiger partial charge in [0.15, 0.2) is 0 Å². The summed E-state index contributed by atoms with van der Waals surface area (Å²) >= 11 is 0. The van der Waals surface area contributed by atoms with Crippen LogP contribution in [0.3, 0.4) is 0 Å². The molecule has 1 aromatic carbocycles. The van der Waals surface area contributed by atoms with Gasteiger partial charge in [-0.15, -0.1) is 0 Å². The van der Waals surface area contributed by atoms with Crippen LogP contribution < -0.4 is 5.56 Å². The van der Waals surface area contributed by atoms with Crippen LogP contribution in [0.25, 0.3) is 10.8 Å². The van der Waals surface area contributed by atoms with Crippen molar-refractivity contribution in [2.75, 3.05) is 0 Å². The van der Waals surface area contributed by atoms with Crippen LogP contribution in [0.1, 0.15) is 0 Å². The number of nitrogens with zero attached hydrogens (tertiary/aromatic N) is 1. The number of aromatic nitrogens is 2. The van der Waals surface area contributed by atoms with Crippen molar-refractivity contribution >= 4 is 29.6 Å². The SMILES string of the molecule is O=c1[nH]ncc2ccccc12.[LiH]. The van der Waals surface area contributed by atoms with E-state index in [-0.39, 0.29) is 24.4 Å². The van der Waals surface area contributed by atoms with Crippen LogP contribution in [0.2, 0.25) is 0 Å². The molecule has 0 amide bonds. The molecule has 0 aliphatic carbocycles. The van der Waals surface area contributed by atoms with Gasteiger partial charge in [-0.05, 0) is 6.07 Å². The number of hydrogen-bond acceptors (Lipinski definition) is 2. The van der Waals surface area contributed by atoms with Crippen LogP contribution in [-0.4, -0.2) is 29.1 Å². The zero-order valence-corrected chi connectivity index (χ0v) is 5.74. The average molecular weight is 154 g/mol. The topological polar surface area (TPSA) is 45.8 Å². The van der Waals surface area contributed by atoms with Gasteiger partial charge in [0.25, 0.3) is 5.56 Å². The Hall–Kier alpha value is -1.04. The van der Waals surface area contributed by atoms with E-state index < -0.39 is 0 Å². The molecule has 0 aliphatic heterocycles. The molecule has 2 rings (SSSR count). The normalized spacial score (nSPS) is 9.33. The Balaban J connectivity index is 0.000000720. The molecule has 2 aromatic rings. The minimum atomic E-state index is -0.136. The zero-order valence-electron chi connectivity index (χ0n) is 5.74. The molecule has 0 bridgehead atoms. The number of aromatic amines is 1. The van der Waals surface area contributed by atoms with Crippen LogP contribution in [0, 0.1) is 0 Å². The Bertz CT molecular complexity index is 433. The van der Waals surface area contributed by atoms with Gasteiger partial charge in [0.05, 0.1) is 6.20 Å². The van der Waals surface area contributed by atoms with Crippen LogP contribution >= 0.6 is 0 Å². The molecular weight excluding hydrogens is 147 g/mol. The van der Waals surface area contributed by atoms with Crippen LogP contribution in [-0.2, 0) is 0 Å². The number of hydrogen-bond donors (Lipinski definition) is 1. The van der Waals surface area contributed by atoms with Gasteiger partial charge in [0.2, 0.25) is 0 Å². The van der Waals surface area contributed by atoms with E-state index >= 15 is 0 Å². The van der Waals surface area contributed by atoms with E-state index in [1.807, 2.05) is 18.2 Å². The molecule has 0 fully saturated rings. The summed E-state index contributed by atoms with van der Waals surface area (Å²) in [7, 11) is 0. The molecule has 12 heavy (non-hydrogen) atoms. The molecule has 0 atom stereocenters. The number of rotatable bonds is 0. The van der Waals surface area contributed by atoms with E-state index in [2.05, 4.69) is 10.2 Å². The fourth-order valence-corrected chi connectivity index (χ4v) is 1.04. The maximum atomic E-state index is 11.1. The Morgan fingerprint density at radius 1 is 1.25 bits per heavy atom. The predicted octanol–water partition coefficient (Wildman–Crippen LogP) is 0.275. The summed E-state index contributed by atoms with van der Waals surface area (Å²) in [5.41, 5.74) is -0.136. The first kappa shape index (κ1) is 9.05. The van der Waals surface area contributed by atoms with E-state index in [4.69, 9.17) is 0 Å². The van der Waals surface area contributed by atoms with Gasteiger partial charge in [0, 0.05) is 10.8 Å². The molecule has 0 saturated heterocycles. The summed E-state index contributed by atoms with van der Waals surface area (Å²) in [6, 6.07) is 7.34. The predicted molar refractivity (Wildman–Crippen MR) is 49.5 cm³/mol. The number of benzene rings is 1. The minimum absolute atomic E-state index is 0. The molecule has 0 aliphatic rings. The van der Waals surface area contributed by atoms with Crippen molar-refractivity contribution in [3.05, 3.63) is 40.8 Å². The summed E-state index contributed by atoms with van der Waals surface area (Å²) in [5, 5.41) is 7.60. The third-order valence-electron chi connectivity index (χ3n) is 1.58. The first-order valence-corrected chi connectivity index (χ1v) is 3.30. The van der Waals surface area contributed by atoms with Crippen molar-refractivity contribution in [3.63, 3.8) is 0 Å². The van der Waals surface area contributed by atoms with Crippen LogP contribution in [0.4, 0.5) is 0 Å². The third-order valence-corrected chi connectivity index (χ3v) is 1.58. The summed E-state index contributed by atoms with van der Waals surface area (Å²) in [6.45, 7) is 0. The van der Waals surface area contributed by atoms with Gasteiger partial charge in [0.1, 0.15) is 0 Å². The molecule has 1 heterocycles. The maximum absolute atomic E-state index is 11.1. The van der Waals surface area contributed by atoms with Gasteiger partial charge in [-0.1, -0.05) is 18.2 Å². The molecule has 0 radical (unpaired) electrons. The summed E-state index contributed by atoms with van der Waals surface area (Å²) in [6.07, 6.45) is 1.64. The fourth-order valence-electron chi connectivity index (χ4n) is 1.04. The van der Waals surface area contributed by atoms with Crippen molar-refractivity contribution < 1.29 is 0 Å².